The van der Waals surface area contributed by atoms with E-state index in [0.717, 1.165) is 5.92 Å². The zero-order valence-corrected chi connectivity index (χ0v) is 10.7. The van der Waals surface area contributed by atoms with Gasteiger partial charge in [-0.2, -0.15) is 0 Å². The average Bonchev–Trinajstić information content (AvgIpc) is 2.33. The van der Waals surface area contributed by atoms with Gasteiger partial charge in [-0.3, -0.25) is 0 Å². The molecule has 0 bridgehead atoms. The van der Waals surface area contributed by atoms with Crippen LogP contribution in [0.4, 0.5) is 0 Å². The van der Waals surface area contributed by atoms with Crippen molar-refractivity contribution in [2.24, 2.45) is 5.92 Å². The highest BCUT2D eigenvalue weighted by atomic mass is 15.1. The van der Waals surface area contributed by atoms with Crippen LogP contribution in [0.5, 0.6) is 0 Å². The fraction of sp³-hybridized carbons (Fsp3) is 0.600. The lowest BCUT2D eigenvalue weighted by Crippen LogP contribution is -2.46. The lowest BCUT2D eigenvalue weighted by molar-refractivity contribution is 0.118. The van der Waals surface area contributed by atoms with Gasteiger partial charge >= 0.3 is 0 Å². The second-order valence-corrected chi connectivity index (χ2v) is 5.40. The van der Waals surface area contributed by atoms with E-state index in [2.05, 4.69) is 56.1 Å². The van der Waals surface area contributed by atoms with E-state index < -0.39 is 0 Å². The van der Waals surface area contributed by atoms with Crippen molar-refractivity contribution in [2.45, 2.75) is 32.1 Å². The molecule has 1 saturated heterocycles. The Kier molecular flexibility index (Phi) is 3.34. The Morgan fingerprint density at radius 2 is 2.00 bits per heavy atom. The third-order valence-electron chi connectivity index (χ3n) is 4.37. The minimum Gasteiger partial charge on any atom is -0.306 e. The molecular formula is C15H23N. The molecular weight excluding hydrogens is 194 g/mol. The topological polar surface area (TPSA) is 3.24 Å². The number of rotatable bonds is 2. The van der Waals surface area contributed by atoms with Gasteiger partial charge in [-0.15, -0.1) is 0 Å². The zero-order valence-electron chi connectivity index (χ0n) is 10.7. The van der Waals surface area contributed by atoms with Crippen molar-refractivity contribution in [2.75, 3.05) is 20.1 Å². The molecule has 0 amide bonds. The lowest BCUT2D eigenvalue weighted by atomic mass is 9.66. The van der Waals surface area contributed by atoms with Crippen LogP contribution < -0.4 is 0 Å². The normalized spacial score (nSPS) is 31.6. The van der Waals surface area contributed by atoms with E-state index in [1.54, 1.807) is 0 Å². The van der Waals surface area contributed by atoms with Crippen molar-refractivity contribution in [1.82, 2.24) is 4.90 Å². The van der Waals surface area contributed by atoms with Crippen LogP contribution in [0.2, 0.25) is 0 Å². The largest absolute Gasteiger partial charge is 0.306 e. The first-order valence-electron chi connectivity index (χ1n) is 6.41. The summed E-state index contributed by atoms with van der Waals surface area (Å²) in [6, 6.07) is 11.1. The van der Waals surface area contributed by atoms with Crippen LogP contribution in [0.3, 0.4) is 0 Å². The van der Waals surface area contributed by atoms with Gasteiger partial charge in [-0.25, -0.2) is 0 Å². The van der Waals surface area contributed by atoms with Gasteiger partial charge in [-0.05, 0) is 36.9 Å². The summed E-state index contributed by atoms with van der Waals surface area (Å²) in [7, 11) is 2.24. The predicted octanol–water partition coefficient (Wildman–Crippen LogP) is 3.31. The standard InChI is InChI=1S/C15H23N/c1-4-13-12-16(3)11-10-15(13,2)14-8-6-5-7-9-14/h5-9,13H,4,10-12H2,1-3H3/t13-,15-/m0/s1. The Labute approximate surface area is 99.5 Å². The fourth-order valence-electron chi connectivity index (χ4n) is 3.07. The van der Waals surface area contributed by atoms with E-state index in [4.69, 9.17) is 0 Å². The number of likely N-dealkylation sites (tertiary alicyclic amines) is 1. The van der Waals surface area contributed by atoms with Crippen LogP contribution in [0, 0.1) is 5.92 Å². The molecule has 0 spiro atoms. The van der Waals surface area contributed by atoms with Gasteiger partial charge in [0.05, 0.1) is 0 Å². The number of hydrogen-bond donors (Lipinski definition) is 0. The van der Waals surface area contributed by atoms with E-state index in [1.807, 2.05) is 0 Å². The molecule has 1 nitrogen and oxygen atoms in total. The van der Waals surface area contributed by atoms with Gasteiger partial charge in [0, 0.05) is 6.54 Å². The molecule has 0 saturated carbocycles. The van der Waals surface area contributed by atoms with E-state index >= 15 is 0 Å². The molecule has 1 aliphatic rings. The molecule has 2 rings (SSSR count). The summed E-state index contributed by atoms with van der Waals surface area (Å²) in [6.45, 7) is 7.23. The highest BCUT2D eigenvalue weighted by Gasteiger charge is 2.38. The molecule has 1 aromatic rings. The second kappa shape index (κ2) is 4.58. The summed E-state index contributed by atoms with van der Waals surface area (Å²) < 4.78 is 0. The summed E-state index contributed by atoms with van der Waals surface area (Å²) in [5, 5.41) is 0. The molecule has 0 radical (unpaired) electrons. The Balaban J connectivity index is 2.29. The lowest BCUT2D eigenvalue weighted by Gasteiger charge is -2.45. The third kappa shape index (κ3) is 2.01. The fourth-order valence-corrected chi connectivity index (χ4v) is 3.07. The maximum absolute atomic E-state index is 2.47. The van der Waals surface area contributed by atoms with Crippen molar-refractivity contribution in [1.29, 1.82) is 0 Å². The van der Waals surface area contributed by atoms with Crippen LogP contribution in [0.15, 0.2) is 30.3 Å². The Morgan fingerprint density at radius 3 is 2.62 bits per heavy atom. The molecule has 1 aromatic carbocycles. The molecule has 0 aliphatic carbocycles. The number of nitrogens with zero attached hydrogens (tertiary/aromatic N) is 1. The van der Waals surface area contributed by atoms with Crippen molar-refractivity contribution in [3.8, 4) is 0 Å². The molecule has 88 valence electrons. The monoisotopic (exact) mass is 217 g/mol. The zero-order chi connectivity index (χ0) is 11.6. The molecule has 0 unspecified atom stereocenters. The first kappa shape index (κ1) is 11.7. The van der Waals surface area contributed by atoms with E-state index in [-0.39, 0.29) is 0 Å². The summed E-state index contributed by atoms with van der Waals surface area (Å²) in [5.41, 5.74) is 1.90. The molecule has 1 aliphatic heterocycles. The van der Waals surface area contributed by atoms with Crippen molar-refractivity contribution in [3.63, 3.8) is 0 Å². The number of benzene rings is 1. The predicted molar refractivity (Wildman–Crippen MR) is 69.7 cm³/mol. The molecule has 2 atom stereocenters. The molecule has 0 N–H and O–H groups in total. The SMILES string of the molecule is CC[C@H]1CN(C)CC[C@]1(C)c1ccccc1. The quantitative estimate of drug-likeness (QED) is 0.734. The first-order chi connectivity index (χ1) is 7.66. The van der Waals surface area contributed by atoms with Gasteiger partial charge in [0.2, 0.25) is 0 Å². The summed E-state index contributed by atoms with van der Waals surface area (Å²) >= 11 is 0. The van der Waals surface area contributed by atoms with Crippen LogP contribution in [-0.4, -0.2) is 25.0 Å². The Hall–Kier alpha value is -0.820. The van der Waals surface area contributed by atoms with E-state index in [9.17, 15) is 0 Å². The molecule has 1 fully saturated rings. The summed E-state index contributed by atoms with van der Waals surface area (Å²) in [5.74, 6) is 0.786. The van der Waals surface area contributed by atoms with Crippen LogP contribution >= 0.6 is 0 Å². The van der Waals surface area contributed by atoms with E-state index in [1.165, 1.54) is 31.5 Å². The van der Waals surface area contributed by atoms with E-state index in [0.29, 0.717) is 5.41 Å². The van der Waals surface area contributed by atoms with Gasteiger partial charge in [0.25, 0.3) is 0 Å². The molecule has 1 heteroatoms. The molecule has 1 heterocycles. The third-order valence-corrected chi connectivity index (χ3v) is 4.37. The maximum atomic E-state index is 2.47. The maximum Gasteiger partial charge on any atom is 0.00149 e. The summed E-state index contributed by atoms with van der Waals surface area (Å²) in [4.78, 5) is 2.47. The minimum absolute atomic E-state index is 0.377. The second-order valence-electron chi connectivity index (χ2n) is 5.40. The minimum atomic E-state index is 0.377. The summed E-state index contributed by atoms with van der Waals surface area (Å²) in [6.07, 6.45) is 2.56. The number of hydrogen-bond acceptors (Lipinski definition) is 1. The average molecular weight is 217 g/mol. The van der Waals surface area contributed by atoms with Gasteiger partial charge in [-0.1, -0.05) is 50.6 Å². The Morgan fingerprint density at radius 1 is 1.31 bits per heavy atom. The van der Waals surface area contributed by atoms with Gasteiger partial charge in [0.1, 0.15) is 0 Å². The van der Waals surface area contributed by atoms with Gasteiger partial charge < -0.3 is 4.90 Å². The Bertz CT molecular complexity index is 333. The van der Waals surface area contributed by atoms with Crippen LogP contribution in [0.1, 0.15) is 32.3 Å². The first-order valence-corrected chi connectivity index (χ1v) is 6.41. The number of piperidine rings is 1. The highest BCUT2D eigenvalue weighted by molar-refractivity contribution is 5.26. The highest BCUT2D eigenvalue weighted by Crippen LogP contribution is 2.40. The molecule has 16 heavy (non-hydrogen) atoms. The van der Waals surface area contributed by atoms with Gasteiger partial charge in [0.15, 0.2) is 0 Å². The van der Waals surface area contributed by atoms with Crippen molar-refractivity contribution in [3.05, 3.63) is 35.9 Å². The molecule has 0 aromatic heterocycles. The van der Waals surface area contributed by atoms with Crippen molar-refractivity contribution < 1.29 is 0 Å². The smallest absolute Gasteiger partial charge is 0.00149 e. The van der Waals surface area contributed by atoms with Crippen LogP contribution in [0.25, 0.3) is 0 Å². The van der Waals surface area contributed by atoms with Crippen molar-refractivity contribution >= 4 is 0 Å². The van der Waals surface area contributed by atoms with Crippen LogP contribution in [-0.2, 0) is 5.41 Å².